The number of aliphatic hydroxyl groups excluding tert-OH is 1. The Bertz CT molecular complexity index is 613. The van der Waals surface area contributed by atoms with Crippen LogP contribution in [-0.4, -0.2) is 15.1 Å². The van der Waals surface area contributed by atoms with Gasteiger partial charge in [0.1, 0.15) is 18.2 Å². The average molecular weight is 275 g/mol. The molecular weight excluding hydrogens is 261 g/mol. The molecule has 0 atom stereocenters. The summed E-state index contributed by atoms with van der Waals surface area (Å²) in [6, 6.07) is 4.80. The van der Waals surface area contributed by atoms with Crippen LogP contribution in [0.5, 0.6) is 5.75 Å². The number of ether oxygens (including phenoxy) is 1. The van der Waals surface area contributed by atoms with Crippen LogP contribution in [0.4, 0.5) is 10.2 Å². The number of allylic oxidation sites excluding steroid dienone is 1. The fraction of sp³-hybridized carbons (Fsp3) is 0.143. The van der Waals surface area contributed by atoms with Gasteiger partial charge in [0.05, 0.1) is 6.20 Å². The summed E-state index contributed by atoms with van der Waals surface area (Å²) in [4.78, 5) is 7.85. The quantitative estimate of drug-likeness (QED) is 0.821. The number of anilines is 1. The van der Waals surface area contributed by atoms with Crippen LogP contribution in [0.25, 0.3) is 0 Å². The summed E-state index contributed by atoms with van der Waals surface area (Å²) in [5.74, 6) is 0.671. The van der Waals surface area contributed by atoms with E-state index in [-0.39, 0.29) is 12.4 Å². The first-order chi connectivity index (χ1) is 9.65. The Hall–Kier alpha value is -2.63. The molecule has 0 amide bonds. The number of halogens is 1. The highest BCUT2D eigenvalue weighted by molar-refractivity contribution is 5.51. The molecule has 20 heavy (non-hydrogen) atoms. The summed E-state index contributed by atoms with van der Waals surface area (Å²) in [5.41, 5.74) is 0.619. The predicted molar refractivity (Wildman–Crippen MR) is 72.8 cm³/mol. The molecule has 2 heterocycles. The van der Waals surface area contributed by atoms with E-state index in [1.54, 1.807) is 18.3 Å². The van der Waals surface area contributed by atoms with Crippen molar-refractivity contribution in [2.75, 3.05) is 5.32 Å². The van der Waals surface area contributed by atoms with Gasteiger partial charge in [0.15, 0.2) is 11.6 Å². The van der Waals surface area contributed by atoms with Crippen molar-refractivity contribution in [3.8, 4) is 5.75 Å². The minimum absolute atomic E-state index is 0.121. The van der Waals surface area contributed by atoms with E-state index in [4.69, 9.17) is 9.84 Å². The highest BCUT2D eigenvalue weighted by atomic mass is 19.1. The second-order valence-electron chi connectivity index (χ2n) is 4.08. The van der Waals surface area contributed by atoms with Gasteiger partial charge in [0.2, 0.25) is 0 Å². The predicted octanol–water partition coefficient (Wildman–Crippen LogP) is 3.03. The fourth-order valence-corrected chi connectivity index (χ4v) is 1.48. The maximum absolute atomic E-state index is 13.0. The van der Waals surface area contributed by atoms with Crippen LogP contribution in [0.3, 0.4) is 0 Å². The maximum atomic E-state index is 13.0. The Morgan fingerprint density at radius 1 is 1.50 bits per heavy atom. The third-order valence-corrected chi connectivity index (χ3v) is 2.34. The zero-order chi connectivity index (χ0) is 14.4. The van der Waals surface area contributed by atoms with Gasteiger partial charge in [0, 0.05) is 24.2 Å². The standard InChI is InChI=1S/C14H14FN3O2/c1-10(19)6-18-14-13(3-2-4-17-14)20-9-11-5-12(15)8-16-7-11/h2-8,19H,9H2,1H3,(H,17,18). The van der Waals surface area contributed by atoms with Gasteiger partial charge >= 0.3 is 0 Å². The molecule has 0 aliphatic heterocycles. The third-order valence-electron chi connectivity index (χ3n) is 2.34. The van der Waals surface area contributed by atoms with Gasteiger partial charge in [-0.3, -0.25) is 4.98 Å². The Balaban J connectivity index is 2.07. The Kier molecular flexibility index (Phi) is 4.49. The molecule has 0 unspecified atom stereocenters. The van der Waals surface area contributed by atoms with E-state index >= 15 is 0 Å². The lowest BCUT2D eigenvalue weighted by Crippen LogP contribution is -2.01. The molecule has 2 aromatic heterocycles. The second kappa shape index (κ2) is 6.51. The van der Waals surface area contributed by atoms with Crippen molar-refractivity contribution in [2.45, 2.75) is 13.5 Å². The Morgan fingerprint density at radius 2 is 2.35 bits per heavy atom. The van der Waals surface area contributed by atoms with Crippen LogP contribution in [-0.2, 0) is 6.61 Å². The van der Waals surface area contributed by atoms with Crippen LogP contribution in [0.15, 0.2) is 48.7 Å². The fourth-order valence-electron chi connectivity index (χ4n) is 1.48. The van der Waals surface area contributed by atoms with Crippen molar-refractivity contribution >= 4 is 5.82 Å². The van der Waals surface area contributed by atoms with Crippen molar-refractivity contribution in [2.24, 2.45) is 0 Å². The molecule has 6 heteroatoms. The van der Waals surface area contributed by atoms with Crippen LogP contribution < -0.4 is 10.1 Å². The number of rotatable bonds is 5. The highest BCUT2D eigenvalue weighted by Gasteiger charge is 2.04. The molecule has 5 nitrogen and oxygen atoms in total. The molecule has 0 aromatic carbocycles. The summed E-state index contributed by atoms with van der Waals surface area (Å²) >= 11 is 0. The minimum Gasteiger partial charge on any atom is -0.511 e. The van der Waals surface area contributed by atoms with Crippen molar-refractivity contribution < 1.29 is 14.2 Å². The van der Waals surface area contributed by atoms with Crippen molar-refractivity contribution in [1.29, 1.82) is 0 Å². The van der Waals surface area contributed by atoms with E-state index in [1.807, 2.05) is 0 Å². The van der Waals surface area contributed by atoms with Crippen LogP contribution >= 0.6 is 0 Å². The van der Waals surface area contributed by atoms with Crippen molar-refractivity contribution in [3.63, 3.8) is 0 Å². The maximum Gasteiger partial charge on any atom is 0.172 e. The lowest BCUT2D eigenvalue weighted by Gasteiger charge is -2.10. The first-order valence-corrected chi connectivity index (χ1v) is 5.94. The average Bonchev–Trinajstić information content (AvgIpc) is 2.44. The first-order valence-electron chi connectivity index (χ1n) is 5.94. The number of hydrogen-bond donors (Lipinski definition) is 2. The molecule has 0 spiro atoms. The van der Waals surface area contributed by atoms with Gasteiger partial charge in [-0.15, -0.1) is 0 Å². The lowest BCUT2D eigenvalue weighted by atomic mass is 10.3. The van der Waals surface area contributed by atoms with E-state index in [0.717, 1.165) is 6.20 Å². The monoisotopic (exact) mass is 275 g/mol. The molecular formula is C14H14FN3O2. The molecule has 0 radical (unpaired) electrons. The van der Waals surface area contributed by atoms with Crippen LogP contribution in [0.1, 0.15) is 12.5 Å². The zero-order valence-electron chi connectivity index (χ0n) is 10.9. The van der Waals surface area contributed by atoms with Crippen LogP contribution in [0, 0.1) is 5.82 Å². The largest absolute Gasteiger partial charge is 0.511 e. The number of aromatic nitrogens is 2. The third kappa shape index (κ3) is 3.94. The summed E-state index contributed by atoms with van der Waals surface area (Å²) in [5, 5.41) is 11.9. The van der Waals surface area contributed by atoms with Gasteiger partial charge in [-0.05, 0) is 25.1 Å². The first kappa shape index (κ1) is 13.8. The number of pyridine rings is 2. The molecule has 2 N–H and O–H groups in total. The van der Waals surface area contributed by atoms with E-state index in [1.165, 1.54) is 25.4 Å². The second-order valence-corrected chi connectivity index (χ2v) is 4.08. The van der Waals surface area contributed by atoms with E-state index in [9.17, 15) is 4.39 Å². The number of aliphatic hydroxyl groups is 1. The molecule has 0 aliphatic rings. The minimum atomic E-state index is -0.408. The van der Waals surface area contributed by atoms with Crippen molar-refractivity contribution in [3.05, 3.63) is 60.1 Å². The van der Waals surface area contributed by atoms with Gasteiger partial charge in [0.25, 0.3) is 0 Å². The topological polar surface area (TPSA) is 67.3 Å². The Labute approximate surface area is 115 Å². The number of hydrogen-bond acceptors (Lipinski definition) is 5. The SMILES string of the molecule is CC(O)=CNc1ncccc1OCc1cncc(F)c1. The molecule has 0 fully saturated rings. The molecule has 0 saturated heterocycles. The molecule has 0 bridgehead atoms. The molecule has 2 aromatic rings. The van der Waals surface area contributed by atoms with Gasteiger partial charge in [-0.2, -0.15) is 0 Å². The van der Waals surface area contributed by atoms with E-state index in [0.29, 0.717) is 17.1 Å². The molecule has 104 valence electrons. The smallest absolute Gasteiger partial charge is 0.172 e. The summed E-state index contributed by atoms with van der Waals surface area (Å²) in [7, 11) is 0. The zero-order valence-corrected chi connectivity index (χ0v) is 10.9. The summed E-state index contributed by atoms with van der Waals surface area (Å²) < 4.78 is 18.6. The molecule has 0 saturated carbocycles. The normalized spacial score (nSPS) is 11.2. The highest BCUT2D eigenvalue weighted by Crippen LogP contribution is 2.22. The summed E-state index contributed by atoms with van der Waals surface area (Å²) in [6.07, 6.45) is 5.66. The molecule has 2 rings (SSSR count). The number of nitrogens with zero attached hydrogens (tertiary/aromatic N) is 2. The van der Waals surface area contributed by atoms with Crippen LogP contribution in [0.2, 0.25) is 0 Å². The molecule has 0 aliphatic carbocycles. The number of nitrogens with one attached hydrogen (secondary N) is 1. The van der Waals surface area contributed by atoms with Gasteiger partial charge in [-0.1, -0.05) is 0 Å². The van der Waals surface area contributed by atoms with Gasteiger partial charge in [-0.25, -0.2) is 9.37 Å². The summed E-state index contributed by atoms with van der Waals surface area (Å²) in [6.45, 7) is 1.71. The van der Waals surface area contributed by atoms with Crippen molar-refractivity contribution in [1.82, 2.24) is 9.97 Å². The lowest BCUT2D eigenvalue weighted by molar-refractivity contribution is 0.305. The van der Waals surface area contributed by atoms with Gasteiger partial charge < -0.3 is 15.2 Å². The van der Waals surface area contributed by atoms with E-state index in [2.05, 4.69) is 15.3 Å². The Morgan fingerprint density at radius 3 is 3.10 bits per heavy atom. The van der Waals surface area contributed by atoms with E-state index < -0.39 is 5.82 Å².